The van der Waals surface area contributed by atoms with Crippen molar-refractivity contribution in [2.45, 2.75) is 0 Å². The average molecular weight is 315 g/mol. The summed E-state index contributed by atoms with van der Waals surface area (Å²) in [5.74, 6) is 6.31. The molecule has 0 aliphatic rings. The number of rotatable bonds is 3. The van der Waals surface area contributed by atoms with Gasteiger partial charge in [-0.25, -0.2) is 10.8 Å². The third-order valence-electron chi connectivity index (χ3n) is 2.00. The van der Waals surface area contributed by atoms with Gasteiger partial charge in [0.25, 0.3) is 0 Å². The summed E-state index contributed by atoms with van der Waals surface area (Å²) in [6.07, 6.45) is 3.12. The lowest BCUT2D eigenvalue weighted by molar-refractivity contribution is 1.16. The van der Waals surface area contributed by atoms with Crippen LogP contribution in [0.5, 0.6) is 0 Å². The highest BCUT2D eigenvalue weighted by molar-refractivity contribution is 9.10. The molecule has 0 saturated heterocycles. The summed E-state index contributed by atoms with van der Waals surface area (Å²) in [5.41, 5.74) is 3.23. The predicted molar refractivity (Wildman–Crippen MR) is 72.3 cm³/mol. The van der Waals surface area contributed by atoms with Crippen LogP contribution in [0.2, 0.25) is 5.02 Å². The monoisotopic (exact) mass is 313 g/mol. The average Bonchev–Trinajstić information content (AvgIpc) is 2.35. The van der Waals surface area contributed by atoms with Gasteiger partial charge in [0.1, 0.15) is 0 Å². The Morgan fingerprint density at radius 1 is 1.24 bits per heavy atom. The van der Waals surface area contributed by atoms with Crippen LogP contribution in [-0.4, -0.2) is 9.97 Å². The number of nitrogen functional groups attached to an aromatic ring is 1. The maximum atomic E-state index is 5.98. The number of nitrogens with one attached hydrogen (secondary N) is 2. The molecule has 0 aliphatic carbocycles. The Bertz CT molecular complexity index is 534. The minimum atomic E-state index is 0.480. The van der Waals surface area contributed by atoms with Gasteiger partial charge in [0, 0.05) is 0 Å². The smallest absolute Gasteiger partial charge is 0.160 e. The Kier molecular flexibility index (Phi) is 3.78. The van der Waals surface area contributed by atoms with Gasteiger partial charge in [-0.15, -0.1) is 0 Å². The van der Waals surface area contributed by atoms with Gasteiger partial charge in [-0.05, 0) is 28.1 Å². The summed E-state index contributed by atoms with van der Waals surface area (Å²) < 4.78 is 0.773. The lowest BCUT2D eigenvalue weighted by atomic mass is 10.3. The van der Waals surface area contributed by atoms with Crippen molar-refractivity contribution in [2.24, 2.45) is 5.84 Å². The molecule has 2 aromatic rings. The number of nitrogens with zero attached hydrogens (tertiary/aromatic N) is 2. The fraction of sp³-hybridized carbons (Fsp3) is 0. The van der Waals surface area contributed by atoms with Crippen molar-refractivity contribution < 1.29 is 0 Å². The van der Waals surface area contributed by atoms with Crippen LogP contribution in [-0.2, 0) is 0 Å². The van der Waals surface area contributed by atoms with Crippen LogP contribution in [0.15, 0.2) is 35.1 Å². The summed E-state index contributed by atoms with van der Waals surface area (Å²) in [6.45, 7) is 0. The van der Waals surface area contributed by atoms with Crippen molar-refractivity contribution in [3.8, 4) is 0 Å². The highest BCUT2D eigenvalue weighted by Crippen LogP contribution is 2.31. The first-order valence-electron chi connectivity index (χ1n) is 4.70. The number of hydrazine groups is 1. The van der Waals surface area contributed by atoms with Gasteiger partial charge in [0.2, 0.25) is 0 Å². The molecule has 0 radical (unpaired) electrons. The fourth-order valence-corrected chi connectivity index (χ4v) is 1.77. The van der Waals surface area contributed by atoms with Crippen molar-refractivity contribution in [1.29, 1.82) is 0 Å². The molecule has 88 valence electrons. The van der Waals surface area contributed by atoms with Crippen LogP contribution in [0.3, 0.4) is 0 Å². The molecule has 0 spiro atoms. The number of hydrogen-bond donors (Lipinski definition) is 3. The minimum Gasteiger partial charge on any atom is -0.338 e. The van der Waals surface area contributed by atoms with Crippen molar-refractivity contribution in [3.63, 3.8) is 0 Å². The van der Waals surface area contributed by atoms with E-state index in [4.69, 9.17) is 17.4 Å². The van der Waals surface area contributed by atoms with Gasteiger partial charge < -0.3 is 10.7 Å². The van der Waals surface area contributed by atoms with Crippen LogP contribution in [0.4, 0.5) is 17.3 Å². The summed E-state index contributed by atoms with van der Waals surface area (Å²) >= 11 is 9.37. The summed E-state index contributed by atoms with van der Waals surface area (Å²) in [6, 6.07) is 5.51. The van der Waals surface area contributed by atoms with Crippen molar-refractivity contribution in [1.82, 2.24) is 9.97 Å². The number of benzene rings is 1. The van der Waals surface area contributed by atoms with E-state index in [2.05, 4.69) is 36.6 Å². The molecule has 0 amide bonds. The van der Waals surface area contributed by atoms with E-state index in [0.717, 1.165) is 10.2 Å². The third kappa shape index (κ3) is 2.85. The molecule has 1 aromatic carbocycles. The maximum Gasteiger partial charge on any atom is 0.160 e. The zero-order chi connectivity index (χ0) is 12.3. The Labute approximate surface area is 112 Å². The third-order valence-corrected chi connectivity index (χ3v) is 3.39. The lowest BCUT2D eigenvalue weighted by Gasteiger charge is -2.09. The molecule has 2 rings (SSSR count). The summed E-state index contributed by atoms with van der Waals surface area (Å²) in [7, 11) is 0. The molecule has 0 atom stereocenters. The molecule has 0 bridgehead atoms. The molecule has 0 unspecified atom stereocenters. The fourth-order valence-electron chi connectivity index (χ4n) is 1.23. The highest BCUT2D eigenvalue weighted by atomic mass is 79.9. The molecule has 4 N–H and O–H groups in total. The van der Waals surface area contributed by atoms with Crippen LogP contribution in [0.25, 0.3) is 0 Å². The van der Waals surface area contributed by atoms with Gasteiger partial charge in [-0.2, -0.15) is 0 Å². The van der Waals surface area contributed by atoms with E-state index in [1.165, 1.54) is 6.20 Å². The van der Waals surface area contributed by atoms with Gasteiger partial charge in [0.05, 0.1) is 27.6 Å². The first-order chi connectivity index (χ1) is 8.20. The Morgan fingerprint density at radius 2 is 2.00 bits per heavy atom. The van der Waals surface area contributed by atoms with E-state index in [9.17, 15) is 0 Å². The number of anilines is 3. The zero-order valence-corrected chi connectivity index (χ0v) is 11.0. The zero-order valence-electron chi connectivity index (χ0n) is 8.61. The van der Waals surface area contributed by atoms with Crippen LogP contribution in [0, 0.1) is 0 Å². The molecule has 1 heterocycles. The van der Waals surface area contributed by atoms with E-state index in [1.54, 1.807) is 12.3 Å². The largest absolute Gasteiger partial charge is 0.338 e. The molecular weight excluding hydrogens is 306 g/mol. The first kappa shape index (κ1) is 12.1. The van der Waals surface area contributed by atoms with Crippen LogP contribution >= 0.6 is 27.5 Å². The molecule has 17 heavy (non-hydrogen) atoms. The number of nitrogens with two attached hydrogens (primary N) is 1. The Balaban J connectivity index is 2.28. The molecule has 0 saturated carbocycles. The minimum absolute atomic E-state index is 0.480. The quantitative estimate of drug-likeness (QED) is 0.600. The number of hydrogen-bond acceptors (Lipinski definition) is 5. The van der Waals surface area contributed by atoms with E-state index in [-0.39, 0.29) is 0 Å². The highest BCUT2D eigenvalue weighted by Gasteiger charge is 2.05. The van der Waals surface area contributed by atoms with Crippen LogP contribution in [0.1, 0.15) is 0 Å². The first-order valence-corrected chi connectivity index (χ1v) is 5.87. The lowest BCUT2D eigenvalue weighted by Crippen LogP contribution is -2.09. The standard InChI is InChI=1S/C10H9BrClN5/c11-10-6(12)2-1-3-7(10)15-8-4-14-5-9(16-8)17-13/h1-5H,13H2,(H2,15,16,17). The molecule has 0 fully saturated rings. The number of halogens is 2. The topological polar surface area (TPSA) is 75.9 Å². The van der Waals surface area contributed by atoms with Gasteiger partial charge in [-0.3, -0.25) is 4.98 Å². The van der Waals surface area contributed by atoms with E-state index in [1.807, 2.05) is 12.1 Å². The molecule has 0 aliphatic heterocycles. The second kappa shape index (κ2) is 5.31. The normalized spacial score (nSPS) is 10.1. The summed E-state index contributed by atoms with van der Waals surface area (Å²) in [5, 5.41) is 3.71. The molecule has 5 nitrogen and oxygen atoms in total. The van der Waals surface area contributed by atoms with Crippen molar-refractivity contribution in [3.05, 3.63) is 40.1 Å². The van der Waals surface area contributed by atoms with E-state index in [0.29, 0.717) is 16.7 Å². The van der Waals surface area contributed by atoms with Crippen molar-refractivity contribution >= 4 is 44.9 Å². The maximum absolute atomic E-state index is 5.98. The number of aromatic nitrogens is 2. The molecule has 7 heteroatoms. The van der Waals surface area contributed by atoms with E-state index >= 15 is 0 Å². The SMILES string of the molecule is NNc1cncc(Nc2cccc(Cl)c2Br)n1. The Hall–Kier alpha value is -1.37. The summed E-state index contributed by atoms with van der Waals surface area (Å²) in [4.78, 5) is 8.17. The van der Waals surface area contributed by atoms with Gasteiger partial charge in [-0.1, -0.05) is 17.7 Å². The van der Waals surface area contributed by atoms with Gasteiger partial charge >= 0.3 is 0 Å². The molecular formula is C10H9BrClN5. The second-order valence-corrected chi connectivity index (χ2v) is 4.36. The molecule has 1 aromatic heterocycles. The predicted octanol–water partition coefficient (Wildman–Crippen LogP) is 2.92. The van der Waals surface area contributed by atoms with Crippen LogP contribution < -0.4 is 16.6 Å². The second-order valence-electron chi connectivity index (χ2n) is 3.16. The Morgan fingerprint density at radius 3 is 2.76 bits per heavy atom. The van der Waals surface area contributed by atoms with Crippen molar-refractivity contribution in [2.75, 3.05) is 10.7 Å². The van der Waals surface area contributed by atoms with Gasteiger partial charge in [0.15, 0.2) is 11.6 Å². The van der Waals surface area contributed by atoms with E-state index < -0.39 is 0 Å².